The Labute approximate surface area is 93.9 Å². The zero-order valence-electron chi connectivity index (χ0n) is 8.99. The highest BCUT2D eigenvalue weighted by Gasteiger charge is 2.24. The summed E-state index contributed by atoms with van der Waals surface area (Å²) in [5.74, 6) is -0.705. The molecule has 0 aromatic rings. The van der Waals surface area contributed by atoms with Crippen molar-refractivity contribution in [3.05, 3.63) is 0 Å². The van der Waals surface area contributed by atoms with Gasteiger partial charge in [-0.15, -0.1) is 0 Å². The lowest BCUT2D eigenvalue weighted by Crippen LogP contribution is -2.46. The molecule has 16 heavy (non-hydrogen) atoms. The predicted molar refractivity (Wildman–Crippen MR) is 57.1 cm³/mol. The van der Waals surface area contributed by atoms with E-state index in [4.69, 9.17) is 5.73 Å². The van der Waals surface area contributed by atoms with Crippen molar-refractivity contribution in [3.8, 4) is 0 Å². The Hall–Kier alpha value is -1.43. The van der Waals surface area contributed by atoms with E-state index >= 15 is 0 Å². The van der Waals surface area contributed by atoms with E-state index in [9.17, 15) is 14.4 Å². The molecule has 89 valence electrons. The van der Waals surface area contributed by atoms with E-state index in [1.165, 1.54) is 0 Å². The molecule has 0 aliphatic carbocycles. The van der Waals surface area contributed by atoms with Crippen LogP contribution in [-0.4, -0.2) is 36.7 Å². The fourth-order valence-electron chi connectivity index (χ4n) is 1.63. The molecular formula is C10H16N3O3. The van der Waals surface area contributed by atoms with E-state index < -0.39 is 11.9 Å². The minimum atomic E-state index is -0.748. The van der Waals surface area contributed by atoms with Crippen molar-refractivity contribution in [2.75, 3.05) is 6.54 Å². The van der Waals surface area contributed by atoms with Gasteiger partial charge in [0.05, 0.1) is 12.1 Å². The van der Waals surface area contributed by atoms with Crippen LogP contribution in [0.2, 0.25) is 0 Å². The van der Waals surface area contributed by atoms with Crippen molar-refractivity contribution < 1.29 is 14.4 Å². The Bertz CT molecular complexity index is 274. The van der Waals surface area contributed by atoms with Crippen LogP contribution in [0.15, 0.2) is 0 Å². The van der Waals surface area contributed by atoms with E-state index in [-0.39, 0.29) is 24.8 Å². The van der Waals surface area contributed by atoms with Gasteiger partial charge >= 0.3 is 0 Å². The normalized spacial score (nSPS) is 21.4. The van der Waals surface area contributed by atoms with Gasteiger partial charge in [0.15, 0.2) is 0 Å². The molecule has 1 aliphatic heterocycles. The number of carbonyl (C=O) groups is 2. The van der Waals surface area contributed by atoms with Crippen molar-refractivity contribution in [1.82, 2.24) is 10.6 Å². The Morgan fingerprint density at radius 2 is 2.31 bits per heavy atom. The standard InChI is InChI=1S/C10H16N3O3/c11-9(15)4-3-7(6-14)13-10(16)8-2-1-5-12-8/h7-8,12H,1-5H2,(H2,11,15)(H,13,16). The zero-order chi connectivity index (χ0) is 12.0. The van der Waals surface area contributed by atoms with Gasteiger partial charge < -0.3 is 16.4 Å². The van der Waals surface area contributed by atoms with Gasteiger partial charge in [-0.3, -0.25) is 14.4 Å². The lowest BCUT2D eigenvalue weighted by atomic mass is 10.1. The van der Waals surface area contributed by atoms with Crippen LogP contribution in [0.5, 0.6) is 0 Å². The molecule has 0 bridgehead atoms. The van der Waals surface area contributed by atoms with E-state index in [1.807, 2.05) is 0 Å². The van der Waals surface area contributed by atoms with Gasteiger partial charge in [-0.2, -0.15) is 0 Å². The number of hydrogen-bond acceptors (Lipinski definition) is 4. The molecule has 6 nitrogen and oxygen atoms in total. The van der Waals surface area contributed by atoms with Gasteiger partial charge in [0, 0.05) is 6.42 Å². The van der Waals surface area contributed by atoms with Crippen molar-refractivity contribution >= 4 is 18.1 Å². The average Bonchev–Trinajstić information content (AvgIpc) is 2.76. The Kier molecular flexibility index (Phi) is 4.91. The summed E-state index contributed by atoms with van der Waals surface area (Å²) in [6, 6.07) is -0.980. The van der Waals surface area contributed by atoms with Gasteiger partial charge in [-0.05, 0) is 25.8 Å². The summed E-state index contributed by atoms with van der Waals surface area (Å²) in [6.07, 6.45) is 3.69. The SMILES string of the molecule is NC(=O)CCC([C]=O)NC(=O)C1CCCN1. The molecule has 1 radical (unpaired) electrons. The van der Waals surface area contributed by atoms with E-state index in [0.29, 0.717) is 0 Å². The van der Waals surface area contributed by atoms with Gasteiger partial charge in [0.25, 0.3) is 0 Å². The quantitative estimate of drug-likeness (QED) is 0.518. The summed E-state index contributed by atoms with van der Waals surface area (Å²) < 4.78 is 0. The smallest absolute Gasteiger partial charge is 0.237 e. The van der Waals surface area contributed by atoms with Crippen LogP contribution < -0.4 is 16.4 Å². The lowest BCUT2D eigenvalue weighted by Gasteiger charge is -2.15. The summed E-state index contributed by atoms with van der Waals surface area (Å²) in [6.45, 7) is 0.814. The maximum Gasteiger partial charge on any atom is 0.237 e. The highest BCUT2D eigenvalue weighted by molar-refractivity contribution is 5.85. The fourth-order valence-corrected chi connectivity index (χ4v) is 1.63. The largest absolute Gasteiger partial charge is 0.370 e. The Balaban J connectivity index is 2.33. The molecule has 1 saturated heterocycles. The van der Waals surface area contributed by atoms with Crippen LogP contribution in [0.4, 0.5) is 0 Å². The summed E-state index contributed by atoms with van der Waals surface area (Å²) in [5.41, 5.74) is 4.95. The summed E-state index contributed by atoms with van der Waals surface area (Å²) in [7, 11) is 0. The third kappa shape index (κ3) is 3.98. The second kappa shape index (κ2) is 6.22. The maximum absolute atomic E-state index is 11.6. The molecule has 0 aromatic heterocycles. The highest BCUT2D eigenvalue weighted by atomic mass is 16.2. The number of carbonyl (C=O) groups excluding carboxylic acids is 3. The third-order valence-electron chi connectivity index (χ3n) is 2.51. The van der Waals surface area contributed by atoms with Gasteiger partial charge in [0.1, 0.15) is 0 Å². The van der Waals surface area contributed by atoms with Crippen LogP contribution >= 0.6 is 0 Å². The number of rotatable bonds is 6. The van der Waals surface area contributed by atoms with Crippen LogP contribution in [0.1, 0.15) is 25.7 Å². The molecular weight excluding hydrogens is 210 g/mol. The maximum atomic E-state index is 11.6. The van der Waals surface area contributed by atoms with Crippen LogP contribution in [-0.2, 0) is 14.4 Å². The summed E-state index contributed by atoms with van der Waals surface area (Å²) in [5, 5.41) is 5.55. The number of hydrogen-bond donors (Lipinski definition) is 3. The number of nitrogens with one attached hydrogen (secondary N) is 2. The predicted octanol–water partition coefficient (Wildman–Crippen LogP) is -1.40. The third-order valence-corrected chi connectivity index (χ3v) is 2.51. The van der Waals surface area contributed by atoms with E-state index in [1.54, 1.807) is 6.29 Å². The Morgan fingerprint density at radius 1 is 1.56 bits per heavy atom. The Morgan fingerprint density at radius 3 is 2.81 bits per heavy atom. The molecule has 1 aliphatic rings. The number of nitrogens with two attached hydrogens (primary N) is 1. The van der Waals surface area contributed by atoms with Crippen LogP contribution in [0, 0.1) is 0 Å². The average molecular weight is 226 g/mol. The zero-order valence-corrected chi connectivity index (χ0v) is 8.99. The molecule has 1 rings (SSSR count). The lowest BCUT2D eigenvalue weighted by molar-refractivity contribution is -0.123. The minimum Gasteiger partial charge on any atom is -0.370 e. The molecule has 4 N–H and O–H groups in total. The monoisotopic (exact) mass is 226 g/mol. The van der Waals surface area contributed by atoms with Crippen LogP contribution in [0.3, 0.4) is 0 Å². The fraction of sp³-hybridized carbons (Fsp3) is 0.700. The van der Waals surface area contributed by atoms with Crippen LogP contribution in [0.25, 0.3) is 0 Å². The first kappa shape index (κ1) is 12.6. The second-order valence-corrected chi connectivity index (χ2v) is 3.83. The molecule has 0 aromatic carbocycles. The second-order valence-electron chi connectivity index (χ2n) is 3.83. The molecule has 2 amide bonds. The first-order chi connectivity index (χ1) is 7.63. The number of amides is 2. The van der Waals surface area contributed by atoms with Gasteiger partial charge in [-0.1, -0.05) is 0 Å². The first-order valence-electron chi connectivity index (χ1n) is 5.33. The molecule has 2 unspecified atom stereocenters. The topological polar surface area (TPSA) is 101 Å². The molecule has 6 heteroatoms. The summed E-state index contributed by atoms with van der Waals surface area (Å²) in [4.78, 5) is 32.7. The number of primary amides is 1. The van der Waals surface area contributed by atoms with Crippen molar-refractivity contribution in [2.45, 2.75) is 37.8 Å². The van der Waals surface area contributed by atoms with Crippen molar-refractivity contribution in [1.29, 1.82) is 0 Å². The molecule has 0 saturated carbocycles. The highest BCUT2D eigenvalue weighted by Crippen LogP contribution is 2.05. The molecule has 0 spiro atoms. The van der Waals surface area contributed by atoms with Crippen molar-refractivity contribution in [2.24, 2.45) is 5.73 Å². The first-order valence-corrected chi connectivity index (χ1v) is 5.33. The van der Waals surface area contributed by atoms with E-state index in [0.717, 1.165) is 19.4 Å². The summed E-state index contributed by atoms with van der Waals surface area (Å²) >= 11 is 0. The van der Waals surface area contributed by atoms with Gasteiger partial charge in [0.2, 0.25) is 18.1 Å². The minimum absolute atomic E-state index is 0.0677. The molecule has 1 heterocycles. The van der Waals surface area contributed by atoms with Gasteiger partial charge in [-0.25, -0.2) is 0 Å². The molecule has 1 fully saturated rings. The van der Waals surface area contributed by atoms with Crippen molar-refractivity contribution in [3.63, 3.8) is 0 Å². The van der Waals surface area contributed by atoms with E-state index in [2.05, 4.69) is 10.6 Å². The molecule has 2 atom stereocenters.